The molecule has 3 aromatic rings. The molecule has 0 N–H and O–H groups in total. The molecule has 0 bridgehead atoms. The van der Waals surface area contributed by atoms with Crippen LogP contribution in [0, 0.1) is 0 Å². The van der Waals surface area contributed by atoms with E-state index in [2.05, 4.69) is 57.7 Å². The first-order valence-electron chi connectivity index (χ1n) is 6.05. The molecule has 2 aromatic carbocycles. The molecule has 0 amide bonds. The Bertz CT molecular complexity index is 676. The summed E-state index contributed by atoms with van der Waals surface area (Å²) in [6.45, 7) is 0. The van der Waals surface area contributed by atoms with Crippen molar-refractivity contribution in [3.05, 3.63) is 75.7 Å². The summed E-state index contributed by atoms with van der Waals surface area (Å²) in [4.78, 5) is 4.71. The Hall–Kier alpha value is -1.45. The molecule has 19 heavy (non-hydrogen) atoms. The first-order chi connectivity index (χ1) is 9.31. The molecule has 0 unspecified atom stereocenters. The summed E-state index contributed by atoms with van der Waals surface area (Å²) in [5.41, 5.74) is 3.60. The largest absolute Gasteiger partial charge is 0.241 e. The number of hydrogen-bond acceptors (Lipinski definition) is 2. The minimum Gasteiger partial charge on any atom is -0.241 e. The maximum Gasteiger partial charge on any atom is 0.123 e. The summed E-state index contributed by atoms with van der Waals surface area (Å²) in [5.74, 6) is 0. The second kappa shape index (κ2) is 5.68. The first-order valence-corrected chi connectivity index (χ1v) is 7.73. The smallest absolute Gasteiger partial charge is 0.123 e. The molecule has 0 aliphatic heterocycles. The maximum atomic E-state index is 4.71. The Morgan fingerprint density at radius 2 is 1.84 bits per heavy atom. The van der Waals surface area contributed by atoms with Crippen LogP contribution in [0.5, 0.6) is 0 Å². The highest BCUT2D eigenvalue weighted by molar-refractivity contribution is 9.10. The average Bonchev–Trinajstić information content (AvgIpc) is 2.88. The molecule has 0 atom stereocenters. The normalized spacial score (nSPS) is 10.6. The minimum atomic E-state index is 0.894. The second-order valence-electron chi connectivity index (χ2n) is 4.32. The van der Waals surface area contributed by atoms with Crippen molar-refractivity contribution in [2.45, 2.75) is 6.42 Å². The molecule has 0 radical (unpaired) electrons. The van der Waals surface area contributed by atoms with Crippen molar-refractivity contribution in [3.63, 3.8) is 0 Å². The molecule has 3 heteroatoms. The van der Waals surface area contributed by atoms with Crippen molar-refractivity contribution in [2.24, 2.45) is 0 Å². The van der Waals surface area contributed by atoms with Crippen molar-refractivity contribution < 1.29 is 0 Å². The fourth-order valence-electron chi connectivity index (χ4n) is 1.95. The fourth-order valence-corrected chi connectivity index (χ4v) is 3.16. The Morgan fingerprint density at radius 1 is 1.00 bits per heavy atom. The zero-order valence-electron chi connectivity index (χ0n) is 10.2. The Labute approximate surface area is 125 Å². The monoisotopic (exact) mass is 329 g/mol. The lowest BCUT2D eigenvalue weighted by Gasteiger charge is -1.98. The Morgan fingerprint density at radius 3 is 2.63 bits per heavy atom. The lowest BCUT2D eigenvalue weighted by molar-refractivity contribution is 1.11. The predicted molar refractivity (Wildman–Crippen MR) is 84.5 cm³/mol. The quantitative estimate of drug-likeness (QED) is 0.646. The van der Waals surface area contributed by atoms with Gasteiger partial charge in [-0.25, -0.2) is 4.98 Å². The Balaban J connectivity index is 1.84. The van der Waals surface area contributed by atoms with Crippen molar-refractivity contribution in [2.75, 3.05) is 0 Å². The van der Waals surface area contributed by atoms with Crippen LogP contribution >= 0.6 is 27.3 Å². The number of nitrogens with zero attached hydrogens (tertiary/aromatic N) is 1. The third-order valence-electron chi connectivity index (χ3n) is 2.85. The standard InChI is InChI=1S/C16H12BrNS/c17-14-8-4-7-13(10-14)16-18-15(11-19-16)9-12-5-2-1-3-6-12/h1-8,10-11H,9H2. The number of rotatable bonds is 3. The van der Waals surface area contributed by atoms with Gasteiger partial charge in [-0.1, -0.05) is 58.4 Å². The van der Waals surface area contributed by atoms with Crippen LogP contribution in [-0.4, -0.2) is 4.98 Å². The zero-order valence-corrected chi connectivity index (χ0v) is 12.6. The van der Waals surface area contributed by atoms with Gasteiger partial charge in [0.1, 0.15) is 5.01 Å². The van der Waals surface area contributed by atoms with Crippen LogP contribution in [0.2, 0.25) is 0 Å². The van der Waals surface area contributed by atoms with E-state index < -0.39 is 0 Å². The van der Waals surface area contributed by atoms with Gasteiger partial charge < -0.3 is 0 Å². The summed E-state index contributed by atoms with van der Waals surface area (Å²) < 4.78 is 1.09. The molecule has 1 aromatic heterocycles. The number of benzene rings is 2. The van der Waals surface area contributed by atoms with Gasteiger partial charge in [0.05, 0.1) is 5.69 Å². The van der Waals surface area contributed by atoms with Gasteiger partial charge in [-0.05, 0) is 17.7 Å². The number of aromatic nitrogens is 1. The third-order valence-corrected chi connectivity index (χ3v) is 4.28. The molecule has 0 spiro atoms. The number of halogens is 1. The molecule has 0 saturated carbocycles. The van der Waals surface area contributed by atoms with E-state index >= 15 is 0 Å². The van der Waals surface area contributed by atoms with Crippen molar-refractivity contribution in [3.8, 4) is 10.6 Å². The van der Waals surface area contributed by atoms with Gasteiger partial charge in [0, 0.05) is 21.8 Å². The maximum absolute atomic E-state index is 4.71. The van der Waals surface area contributed by atoms with Crippen molar-refractivity contribution in [1.29, 1.82) is 0 Å². The molecule has 1 nitrogen and oxygen atoms in total. The summed E-state index contributed by atoms with van der Waals surface area (Å²) in [5, 5.41) is 3.22. The second-order valence-corrected chi connectivity index (χ2v) is 6.09. The van der Waals surface area contributed by atoms with E-state index in [-0.39, 0.29) is 0 Å². The number of thiazole rings is 1. The SMILES string of the molecule is Brc1cccc(-c2nc(Cc3ccccc3)cs2)c1. The predicted octanol–water partition coefficient (Wildman–Crippen LogP) is 5.16. The van der Waals surface area contributed by atoms with Crippen LogP contribution in [0.15, 0.2) is 64.5 Å². The molecule has 0 aliphatic carbocycles. The Kier molecular flexibility index (Phi) is 3.76. The van der Waals surface area contributed by atoms with Crippen LogP contribution in [0.3, 0.4) is 0 Å². The molecule has 0 saturated heterocycles. The lowest BCUT2D eigenvalue weighted by atomic mass is 10.1. The van der Waals surface area contributed by atoms with Gasteiger partial charge in [0.2, 0.25) is 0 Å². The molecule has 3 rings (SSSR count). The van der Waals surface area contributed by atoms with Gasteiger partial charge in [-0.3, -0.25) is 0 Å². The van der Waals surface area contributed by atoms with Gasteiger partial charge in [-0.15, -0.1) is 11.3 Å². The van der Waals surface area contributed by atoms with Crippen LogP contribution < -0.4 is 0 Å². The van der Waals surface area contributed by atoms with Gasteiger partial charge in [-0.2, -0.15) is 0 Å². The van der Waals surface area contributed by atoms with Crippen LogP contribution in [0.25, 0.3) is 10.6 Å². The highest BCUT2D eigenvalue weighted by Gasteiger charge is 2.05. The van der Waals surface area contributed by atoms with E-state index in [4.69, 9.17) is 4.98 Å². The van der Waals surface area contributed by atoms with Crippen molar-refractivity contribution >= 4 is 27.3 Å². The number of hydrogen-bond donors (Lipinski definition) is 0. The first kappa shape index (κ1) is 12.6. The highest BCUT2D eigenvalue weighted by atomic mass is 79.9. The van der Waals surface area contributed by atoms with E-state index in [1.54, 1.807) is 11.3 Å². The summed E-state index contributed by atoms with van der Waals surface area (Å²) in [7, 11) is 0. The summed E-state index contributed by atoms with van der Waals surface area (Å²) in [6.07, 6.45) is 0.894. The topological polar surface area (TPSA) is 12.9 Å². The fraction of sp³-hybridized carbons (Fsp3) is 0.0625. The van der Waals surface area contributed by atoms with E-state index in [1.165, 1.54) is 11.1 Å². The molecular weight excluding hydrogens is 318 g/mol. The summed E-state index contributed by atoms with van der Waals surface area (Å²) >= 11 is 5.20. The van der Waals surface area contributed by atoms with Crippen LogP contribution in [0.4, 0.5) is 0 Å². The van der Waals surface area contributed by atoms with Crippen LogP contribution in [-0.2, 0) is 6.42 Å². The molecular formula is C16H12BrNS. The van der Waals surface area contributed by atoms with E-state index in [1.807, 2.05) is 18.2 Å². The highest BCUT2D eigenvalue weighted by Crippen LogP contribution is 2.26. The molecule has 0 aliphatic rings. The van der Waals surface area contributed by atoms with E-state index in [9.17, 15) is 0 Å². The summed E-state index contributed by atoms with van der Waals surface area (Å²) in [6, 6.07) is 18.7. The minimum absolute atomic E-state index is 0.894. The average molecular weight is 330 g/mol. The van der Waals surface area contributed by atoms with Gasteiger partial charge in [0.15, 0.2) is 0 Å². The van der Waals surface area contributed by atoms with Gasteiger partial charge >= 0.3 is 0 Å². The molecule has 94 valence electrons. The van der Waals surface area contributed by atoms with E-state index in [0.717, 1.165) is 21.6 Å². The zero-order chi connectivity index (χ0) is 13.1. The van der Waals surface area contributed by atoms with Gasteiger partial charge in [0.25, 0.3) is 0 Å². The van der Waals surface area contributed by atoms with Crippen LogP contribution in [0.1, 0.15) is 11.3 Å². The van der Waals surface area contributed by atoms with Crippen molar-refractivity contribution in [1.82, 2.24) is 4.98 Å². The molecule has 1 heterocycles. The van der Waals surface area contributed by atoms with E-state index in [0.29, 0.717) is 0 Å². The third kappa shape index (κ3) is 3.11. The lowest BCUT2D eigenvalue weighted by Crippen LogP contribution is -1.87. The molecule has 0 fully saturated rings.